The number of hydrogen-bond donors (Lipinski definition) is 1. The predicted molar refractivity (Wildman–Crippen MR) is 144 cm³/mol. The molecule has 2 aromatic carbocycles. The van der Waals surface area contributed by atoms with Crippen molar-refractivity contribution in [3.63, 3.8) is 0 Å². The third kappa shape index (κ3) is 7.71. The number of hydrogen-bond acceptors (Lipinski definition) is 5. The average molecular weight is 518 g/mol. The third-order valence-corrected chi connectivity index (χ3v) is 6.88. The van der Waals surface area contributed by atoms with Crippen LogP contribution in [0.5, 0.6) is 5.75 Å². The van der Waals surface area contributed by atoms with E-state index in [2.05, 4.69) is 5.32 Å². The van der Waals surface area contributed by atoms with Crippen molar-refractivity contribution < 1.29 is 22.7 Å². The fraction of sp³-hybridized carbons (Fsp3) is 0.481. The Labute approximate surface area is 215 Å². The standard InChI is InChI=1S/C27H39N3O5S/c1-9-23(26(32)28-27(4,5)6)29(17-21-13-15-22(35-7)16-14-21)24(31)18-30(36(8,33)34)25-19(2)11-10-12-20(25)3/h10-16,23H,9,17-18H2,1-8H3,(H,28,32). The number of carbonyl (C=O) groups excluding carboxylic acids is 2. The molecule has 1 atom stereocenters. The van der Waals surface area contributed by atoms with Crippen LogP contribution in [-0.4, -0.2) is 56.6 Å². The van der Waals surface area contributed by atoms with Gasteiger partial charge in [-0.15, -0.1) is 0 Å². The first kappa shape index (κ1) is 29.2. The smallest absolute Gasteiger partial charge is 0.244 e. The van der Waals surface area contributed by atoms with Gasteiger partial charge >= 0.3 is 0 Å². The van der Waals surface area contributed by atoms with E-state index in [1.807, 2.05) is 71.9 Å². The van der Waals surface area contributed by atoms with Crippen LogP contribution in [0, 0.1) is 13.8 Å². The highest BCUT2D eigenvalue weighted by molar-refractivity contribution is 7.92. The Hall–Kier alpha value is -3.07. The van der Waals surface area contributed by atoms with Crippen molar-refractivity contribution in [3.05, 3.63) is 59.2 Å². The lowest BCUT2D eigenvalue weighted by Gasteiger charge is -2.35. The molecular formula is C27H39N3O5S. The van der Waals surface area contributed by atoms with Crippen LogP contribution < -0.4 is 14.4 Å². The molecule has 1 unspecified atom stereocenters. The normalized spacial score (nSPS) is 12.6. The van der Waals surface area contributed by atoms with Crippen LogP contribution in [0.2, 0.25) is 0 Å². The van der Waals surface area contributed by atoms with E-state index in [1.165, 1.54) is 4.90 Å². The molecule has 0 aliphatic carbocycles. The summed E-state index contributed by atoms with van der Waals surface area (Å²) in [6, 6.07) is 11.9. The summed E-state index contributed by atoms with van der Waals surface area (Å²) in [5.41, 5.74) is 2.27. The first-order valence-electron chi connectivity index (χ1n) is 12.0. The number of benzene rings is 2. The zero-order chi connectivity index (χ0) is 27.3. The molecule has 0 aliphatic rings. The van der Waals surface area contributed by atoms with E-state index in [0.29, 0.717) is 17.9 Å². The van der Waals surface area contributed by atoms with Crippen molar-refractivity contribution in [2.45, 2.75) is 66.1 Å². The maximum atomic E-state index is 13.8. The second kappa shape index (κ2) is 11.8. The van der Waals surface area contributed by atoms with E-state index < -0.39 is 34.1 Å². The van der Waals surface area contributed by atoms with Crippen molar-refractivity contribution in [1.29, 1.82) is 0 Å². The summed E-state index contributed by atoms with van der Waals surface area (Å²) < 4.78 is 32.1. The molecule has 2 aromatic rings. The first-order valence-corrected chi connectivity index (χ1v) is 13.8. The molecule has 0 fully saturated rings. The van der Waals surface area contributed by atoms with Crippen LogP contribution in [0.15, 0.2) is 42.5 Å². The van der Waals surface area contributed by atoms with Crippen LogP contribution in [0.4, 0.5) is 5.69 Å². The van der Waals surface area contributed by atoms with Gasteiger partial charge in [0.2, 0.25) is 21.8 Å². The largest absolute Gasteiger partial charge is 0.497 e. The van der Waals surface area contributed by atoms with Gasteiger partial charge in [-0.1, -0.05) is 37.3 Å². The minimum absolute atomic E-state index is 0.142. The highest BCUT2D eigenvalue weighted by atomic mass is 32.2. The van der Waals surface area contributed by atoms with Crippen LogP contribution in [0.1, 0.15) is 50.8 Å². The van der Waals surface area contributed by atoms with E-state index >= 15 is 0 Å². The number of para-hydroxylation sites is 1. The maximum Gasteiger partial charge on any atom is 0.244 e. The SMILES string of the molecule is CCC(C(=O)NC(C)(C)C)N(Cc1ccc(OC)cc1)C(=O)CN(c1c(C)cccc1C)S(C)(=O)=O. The molecule has 2 amide bonds. The molecule has 0 saturated carbocycles. The van der Waals surface area contributed by atoms with E-state index in [-0.39, 0.29) is 12.5 Å². The molecular weight excluding hydrogens is 478 g/mol. The molecule has 2 rings (SSSR count). The molecule has 9 heteroatoms. The number of nitrogens with one attached hydrogen (secondary N) is 1. The summed E-state index contributed by atoms with van der Waals surface area (Å²) in [5, 5.41) is 2.96. The lowest BCUT2D eigenvalue weighted by molar-refractivity contribution is -0.141. The van der Waals surface area contributed by atoms with Crippen LogP contribution in [0.25, 0.3) is 0 Å². The molecule has 198 valence electrons. The Morgan fingerprint density at radius 3 is 2.03 bits per heavy atom. The Morgan fingerprint density at radius 2 is 1.58 bits per heavy atom. The van der Waals surface area contributed by atoms with Gasteiger partial charge in [-0.05, 0) is 69.9 Å². The van der Waals surface area contributed by atoms with Crippen molar-refractivity contribution in [1.82, 2.24) is 10.2 Å². The van der Waals surface area contributed by atoms with Crippen molar-refractivity contribution in [3.8, 4) is 5.75 Å². The van der Waals surface area contributed by atoms with Gasteiger partial charge in [0.1, 0.15) is 18.3 Å². The minimum Gasteiger partial charge on any atom is -0.497 e. The fourth-order valence-corrected chi connectivity index (χ4v) is 5.04. The van der Waals surface area contributed by atoms with Gasteiger partial charge in [-0.2, -0.15) is 0 Å². The molecule has 0 radical (unpaired) electrons. The molecule has 0 aliphatic heterocycles. The highest BCUT2D eigenvalue weighted by Crippen LogP contribution is 2.27. The first-order chi connectivity index (χ1) is 16.7. The Morgan fingerprint density at radius 1 is 1.03 bits per heavy atom. The number of nitrogens with zero attached hydrogens (tertiary/aromatic N) is 2. The summed E-state index contributed by atoms with van der Waals surface area (Å²) in [6.07, 6.45) is 1.45. The van der Waals surface area contributed by atoms with Gasteiger partial charge in [0, 0.05) is 12.1 Å². The molecule has 0 spiro atoms. The topological polar surface area (TPSA) is 96.0 Å². The fourth-order valence-electron chi connectivity index (χ4n) is 4.07. The minimum atomic E-state index is -3.79. The Balaban J connectivity index is 2.51. The van der Waals surface area contributed by atoms with E-state index in [4.69, 9.17) is 4.74 Å². The Bertz CT molecular complexity index is 1150. The lowest BCUT2D eigenvalue weighted by Crippen LogP contribution is -2.55. The summed E-state index contributed by atoms with van der Waals surface area (Å²) in [5.74, 6) is -0.0768. The molecule has 0 bridgehead atoms. The quantitative estimate of drug-likeness (QED) is 0.517. The molecule has 0 saturated heterocycles. The van der Waals surface area contributed by atoms with Crippen LogP contribution in [-0.2, 0) is 26.2 Å². The summed E-state index contributed by atoms with van der Waals surface area (Å²) in [4.78, 5) is 28.5. The predicted octanol–water partition coefficient (Wildman–Crippen LogP) is 3.80. The second-order valence-electron chi connectivity index (χ2n) is 10.0. The van der Waals surface area contributed by atoms with Gasteiger partial charge in [0.25, 0.3) is 0 Å². The number of carbonyl (C=O) groups is 2. The summed E-state index contributed by atoms with van der Waals surface area (Å²) in [6.45, 7) is 10.8. The molecule has 0 aromatic heterocycles. The van der Waals surface area contributed by atoms with Gasteiger partial charge in [-0.3, -0.25) is 13.9 Å². The third-order valence-electron chi connectivity index (χ3n) is 5.76. The van der Waals surface area contributed by atoms with Crippen LogP contribution in [0.3, 0.4) is 0 Å². The van der Waals surface area contributed by atoms with Crippen molar-refractivity contribution >= 4 is 27.5 Å². The van der Waals surface area contributed by atoms with Gasteiger partial charge < -0.3 is 15.0 Å². The second-order valence-corrected chi connectivity index (χ2v) is 11.9. The van der Waals surface area contributed by atoms with E-state index in [9.17, 15) is 18.0 Å². The number of amides is 2. The summed E-state index contributed by atoms with van der Waals surface area (Å²) >= 11 is 0. The van der Waals surface area contributed by atoms with E-state index in [0.717, 1.165) is 27.3 Å². The molecule has 1 N–H and O–H groups in total. The number of rotatable bonds is 10. The monoisotopic (exact) mass is 517 g/mol. The molecule has 8 nitrogen and oxygen atoms in total. The zero-order valence-electron chi connectivity index (χ0n) is 22.6. The summed E-state index contributed by atoms with van der Waals surface area (Å²) in [7, 11) is -2.21. The number of aryl methyl sites for hydroxylation is 2. The number of ether oxygens (including phenoxy) is 1. The van der Waals surface area contributed by atoms with Gasteiger partial charge in [-0.25, -0.2) is 8.42 Å². The lowest BCUT2D eigenvalue weighted by atomic mass is 10.1. The molecule has 36 heavy (non-hydrogen) atoms. The average Bonchev–Trinajstić information content (AvgIpc) is 2.76. The molecule has 0 heterocycles. The Kier molecular flexibility index (Phi) is 9.54. The van der Waals surface area contributed by atoms with Crippen LogP contribution >= 0.6 is 0 Å². The zero-order valence-corrected chi connectivity index (χ0v) is 23.4. The maximum absolute atomic E-state index is 13.8. The van der Waals surface area contributed by atoms with Gasteiger partial charge in [0.05, 0.1) is 19.1 Å². The number of methoxy groups -OCH3 is 1. The van der Waals surface area contributed by atoms with Crippen molar-refractivity contribution in [2.75, 3.05) is 24.2 Å². The van der Waals surface area contributed by atoms with E-state index in [1.54, 1.807) is 19.2 Å². The van der Waals surface area contributed by atoms with Crippen molar-refractivity contribution in [2.24, 2.45) is 0 Å². The number of anilines is 1. The number of sulfonamides is 1. The van der Waals surface area contributed by atoms with Gasteiger partial charge in [0.15, 0.2) is 0 Å². The highest BCUT2D eigenvalue weighted by Gasteiger charge is 2.33.